The Morgan fingerprint density at radius 2 is 2.19 bits per heavy atom. The van der Waals surface area contributed by atoms with E-state index in [0.717, 1.165) is 0 Å². The van der Waals surface area contributed by atoms with Gasteiger partial charge in [-0.05, 0) is 47.5 Å². The van der Waals surface area contributed by atoms with Crippen LogP contribution in [0.3, 0.4) is 0 Å². The van der Waals surface area contributed by atoms with Gasteiger partial charge in [-0.25, -0.2) is 9.59 Å². The maximum atomic E-state index is 12.6. The van der Waals surface area contributed by atoms with Crippen LogP contribution < -0.4 is 10.1 Å². The van der Waals surface area contributed by atoms with Gasteiger partial charge in [0.05, 0.1) is 23.2 Å². The average molecular weight is 425 g/mol. The Hall–Kier alpha value is -2.48. The minimum absolute atomic E-state index is 0.0605. The predicted molar refractivity (Wildman–Crippen MR) is 99.9 cm³/mol. The monoisotopic (exact) mass is 424 g/mol. The van der Waals surface area contributed by atoms with E-state index in [1.54, 1.807) is 19.1 Å². The molecule has 0 unspecified atom stereocenters. The molecule has 0 spiro atoms. The van der Waals surface area contributed by atoms with Crippen LogP contribution in [0.5, 0.6) is 11.5 Å². The molecule has 0 fully saturated rings. The number of carbonyl (C=O) groups is 2. The number of hydrogen-bond acceptors (Lipinski definition) is 5. The summed E-state index contributed by atoms with van der Waals surface area (Å²) in [6, 6.07) is 2.13. The van der Waals surface area contributed by atoms with Crippen LogP contribution in [0.4, 0.5) is 4.79 Å². The number of halogens is 1. The van der Waals surface area contributed by atoms with E-state index in [0.29, 0.717) is 27.9 Å². The Morgan fingerprint density at radius 1 is 1.50 bits per heavy atom. The van der Waals surface area contributed by atoms with Crippen LogP contribution in [0, 0.1) is 0 Å². The predicted octanol–water partition coefficient (Wildman–Crippen LogP) is 3.25. The third kappa shape index (κ3) is 3.70. The number of ether oxygens (including phenoxy) is 2. The summed E-state index contributed by atoms with van der Waals surface area (Å²) < 4.78 is 10.8. The standard InChI is InChI=1S/C18H21BrN2O5/c1-5-7-26-17(23)14-10(3)21(6-2)18(24)20-15(14)11-8-12(19)16(22)13(9-11)25-4/h5,8-9,15,22H,1,6-7H2,2-4H3,(H,20,24)/t15-/m1/s1. The molecule has 1 atom stereocenters. The van der Waals surface area contributed by atoms with Gasteiger partial charge in [0.15, 0.2) is 11.5 Å². The van der Waals surface area contributed by atoms with E-state index < -0.39 is 12.0 Å². The number of phenols is 1. The third-order valence-corrected chi connectivity index (χ3v) is 4.67. The van der Waals surface area contributed by atoms with Gasteiger partial charge in [0, 0.05) is 12.2 Å². The smallest absolute Gasteiger partial charge is 0.338 e. The summed E-state index contributed by atoms with van der Waals surface area (Å²) >= 11 is 3.26. The Morgan fingerprint density at radius 3 is 2.77 bits per heavy atom. The number of aromatic hydroxyl groups is 1. The van der Waals surface area contributed by atoms with Gasteiger partial charge in [-0.1, -0.05) is 12.7 Å². The van der Waals surface area contributed by atoms with Crippen molar-refractivity contribution < 1.29 is 24.2 Å². The van der Waals surface area contributed by atoms with Crippen LogP contribution in [0.15, 0.2) is 40.5 Å². The van der Waals surface area contributed by atoms with Gasteiger partial charge in [0.2, 0.25) is 0 Å². The SMILES string of the molecule is C=CCOC(=O)C1=C(C)N(CC)C(=O)N[C@@H]1c1cc(Br)c(O)c(OC)c1. The number of urea groups is 1. The lowest BCUT2D eigenvalue weighted by molar-refractivity contribution is -0.138. The highest BCUT2D eigenvalue weighted by Crippen LogP contribution is 2.40. The van der Waals surface area contributed by atoms with Crippen molar-refractivity contribution >= 4 is 27.9 Å². The Balaban J connectivity index is 2.59. The Labute approximate surface area is 160 Å². The normalized spacial score (nSPS) is 17.0. The molecule has 0 aromatic heterocycles. The van der Waals surface area contributed by atoms with E-state index in [1.165, 1.54) is 18.1 Å². The third-order valence-electron chi connectivity index (χ3n) is 4.07. The van der Waals surface area contributed by atoms with Gasteiger partial charge in [-0.15, -0.1) is 0 Å². The molecule has 1 aromatic rings. The highest BCUT2D eigenvalue weighted by molar-refractivity contribution is 9.10. The fourth-order valence-electron chi connectivity index (χ4n) is 2.80. The summed E-state index contributed by atoms with van der Waals surface area (Å²) in [6.45, 7) is 7.52. The molecule has 0 bridgehead atoms. The van der Waals surface area contributed by atoms with Crippen molar-refractivity contribution in [2.24, 2.45) is 0 Å². The van der Waals surface area contributed by atoms with Gasteiger partial charge in [-0.3, -0.25) is 4.90 Å². The van der Waals surface area contributed by atoms with E-state index in [4.69, 9.17) is 9.47 Å². The molecule has 7 nitrogen and oxygen atoms in total. The number of allylic oxidation sites excluding steroid dienone is 1. The van der Waals surface area contributed by atoms with E-state index in [-0.39, 0.29) is 24.1 Å². The molecule has 0 radical (unpaired) electrons. The van der Waals surface area contributed by atoms with Gasteiger partial charge in [-0.2, -0.15) is 0 Å². The van der Waals surface area contributed by atoms with Crippen molar-refractivity contribution in [2.45, 2.75) is 19.9 Å². The second-order valence-corrected chi connectivity index (χ2v) is 6.42. The lowest BCUT2D eigenvalue weighted by atomic mass is 9.94. The molecular formula is C18H21BrN2O5. The quantitative estimate of drug-likeness (QED) is 0.540. The molecule has 1 heterocycles. The molecule has 1 aromatic carbocycles. The molecule has 26 heavy (non-hydrogen) atoms. The number of nitrogens with one attached hydrogen (secondary N) is 1. The van der Waals surface area contributed by atoms with Gasteiger partial charge in [0.1, 0.15) is 6.61 Å². The summed E-state index contributed by atoms with van der Waals surface area (Å²) in [5.41, 5.74) is 1.40. The molecule has 1 aliphatic rings. The van der Waals surface area contributed by atoms with Crippen molar-refractivity contribution in [3.63, 3.8) is 0 Å². The lowest BCUT2D eigenvalue weighted by Crippen LogP contribution is -2.47. The highest BCUT2D eigenvalue weighted by Gasteiger charge is 2.36. The van der Waals surface area contributed by atoms with Crippen molar-refractivity contribution in [1.82, 2.24) is 10.2 Å². The second kappa shape index (κ2) is 8.27. The second-order valence-electron chi connectivity index (χ2n) is 5.57. The zero-order valence-corrected chi connectivity index (χ0v) is 16.4. The molecule has 8 heteroatoms. The minimum Gasteiger partial charge on any atom is -0.503 e. The molecule has 0 aliphatic carbocycles. The highest BCUT2D eigenvalue weighted by atomic mass is 79.9. The number of methoxy groups -OCH3 is 1. The number of nitrogens with zero attached hydrogens (tertiary/aromatic N) is 1. The largest absolute Gasteiger partial charge is 0.503 e. The number of amides is 2. The molecule has 2 amide bonds. The Kier molecular flexibility index (Phi) is 6.31. The van der Waals surface area contributed by atoms with Gasteiger partial charge >= 0.3 is 12.0 Å². The van der Waals surface area contributed by atoms with Gasteiger partial charge < -0.3 is 19.9 Å². The number of phenolic OH excluding ortho intramolecular Hbond substituents is 1. The number of esters is 1. The zero-order valence-electron chi connectivity index (χ0n) is 14.8. The van der Waals surface area contributed by atoms with Crippen molar-refractivity contribution in [3.05, 3.63) is 46.1 Å². The average Bonchev–Trinajstić information content (AvgIpc) is 2.61. The van der Waals surface area contributed by atoms with Crippen molar-refractivity contribution in [3.8, 4) is 11.5 Å². The topological polar surface area (TPSA) is 88.1 Å². The van der Waals surface area contributed by atoms with Crippen molar-refractivity contribution in [1.29, 1.82) is 0 Å². The minimum atomic E-state index is -0.742. The van der Waals surface area contributed by atoms with E-state index in [2.05, 4.69) is 27.8 Å². The van der Waals surface area contributed by atoms with Crippen molar-refractivity contribution in [2.75, 3.05) is 20.3 Å². The van der Waals surface area contributed by atoms with E-state index >= 15 is 0 Å². The molecule has 2 N–H and O–H groups in total. The summed E-state index contributed by atoms with van der Waals surface area (Å²) in [4.78, 5) is 26.5. The number of rotatable bonds is 6. The molecule has 1 aliphatic heterocycles. The lowest BCUT2D eigenvalue weighted by Gasteiger charge is -2.35. The molecule has 140 valence electrons. The van der Waals surface area contributed by atoms with Gasteiger partial charge in [0.25, 0.3) is 0 Å². The molecule has 0 saturated carbocycles. The summed E-state index contributed by atoms with van der Waals surface area (Å²) in [5.74, 6) is -0.392. The molecule has 0 saturated heterocycles. The summed E-state index contributed by atoms with van der Waals surface area (Å²) in [6.07, 6.45) is 1.47. The maximum absolute atomic E-state index is 12.6. The van der Waals surface area contributed by atoms with Crippen LogP contribution in [-0.2, 0) is 9.53 Å². The van der Waals surface area contributed by atoms with Crippen LogP contribution >= 0.6 is 15.9 Å². The number of benzene rings is 1. The fraction of sp³-hybridized carbons (Fsp3) is 0.333. The van der Waals surface area contributed by atoms with Crippen LogP contribution in [0.25, 0.3) is 0 Å². The molecular weight excluding hydrogens is 404 g/mol. The van der Waals surface area contributed by atoms with E-state index in [1.807, 2.05) is 6.92 Å². The fourth-order valence-corrected chi connectivity index (χ4v) is 3.26. The van der Waals surface area contributed by atoms with Crippen LogP contribution in [0.1, 0.15) is 25.5 Å². The Bertz CT molecular complexity index is 775. The van der Waals surface area contributed by atoms with Crippen LogP contribution in [0.2, 0.25) is 0 Å². The summed E-state index contributed by atoms with van der Waals surface area (Å²) in [5, 5.41) is 12.8. The zero-order chi connectivity index (χ0) is 19.4. The number of carbonyl (C=O) groups excluding carboxylic acids is 2. The van der Waals surface area contributed by atoms with Crippen LogP contribution in [-0.4, -0.2) is 42.3 Å². The first-order chi connectivity index (χ1) is 12.3. The molecule has 2 rings (SSSR count). The summed E-state index contributed by atoms with van der Waals surface area (Å²) in [7, 11) is 1.42. The first-order valence-corrected chi connectivity index (χ1v) is 8.78. The maximum Gasteiger partial charge on any atom is 0.338 e. The van der Waals surface area contributed by atoms with E-state index in [9.17, 15) is 14.7 Å². The number of hydrogen-bond donors (Lipinski definition) is 2. The first-order valence-electron chi connectivity index (χ1n) is 7.98. The first kappa shape index (κ1) is 19.8.